The zero-order valence-corrected chi connectivity index (χ0v) is 7.72. The molecule has 13 heavy (non-hydrogen) atoms. The third kappa shape index (κ3) is 1.32. The van der Waals surface area contributed by atoms with Crippen molar-refractivity contribution in [3.63, 3.8) is 0 Å². The maximum absolute atomic E-state index is 8.71. The summed E-state index contributed by atoms with van der Waals surface area (Å²) in [6.45, 7) is 2.01. The van der Waals surface area contributed by atoms with Crippen LogP contribution in [0.4, 0.5) is 0 Å². The Morgan fingerprint density at radius 3 is 2.92 bits per heavy atom. The molecule has 2 aromatic rings. The fourth-order valence-electron chi connectivity index (χ4n) is 1.04. The molecule has 5 heteroatoms. The fraction of sp³-hybridized carbons (Fsp3) is 0.125. The standard InChI is InChI=1S/C8H6N4S/c1-5-2-3-7(13-5)8-6(4-9)10-12-11-8/h2-3H,1H3,(H,10,11,12). The number of hydrogen-bond donors (Lipinski definition) is 1. The van der Waals surface area contributed by atoms with Gasteiger partial charge < -0.3 is 0 Å². The van der Waals surface area contributed by atoms with E-state index in [0.29, 0.717) is 11.4 Å². The Bertz CT molecular complexity index is 462. The van der Waals surface area contributed by atoms with Crippen LogP contribution in [-0.4, -0.2) is 15.4 Å². The van der Waals surface area contributed by atoms with Crippen molar-refractivity contribution < 1.29 is 0 Å². The zero-order chi connectivity index (χ0) is 9.26. The van der Waals surface area contributed by atoms with E-state index in [1.807, 2.05) is 25.1 Å². The molecule has 0 spiro atoms. The smallest absolute Gasteiger partial charge is 0.191 e. The maximum Gasteiger partial charge on any atom is 0.191 e. The summed E-state index contributed by atoms with van der Waals surface area (Å²) >= 11 is 1.60. The minimum atomic E-state index is 0.349. The van der Waals surface area contributed by atoms with Crippen LogP contribution in [0.1, 0.15) is 10.6 Å². The van der Waals surface area contributed by atoms with Crippen molar-refractivity contribution in [1.82, 2.24) is 15.4 Å². The van der Waals surface area contributed by atoms with Gasteiger partial charge in [0.15, 0.2) is 5.69 Å². The highest BCUT2D eigenvalue weighted by Gasteiger charge is 2.10. The number of nitriles is 1. The van der Waals surface area contributed by atoms with E-state index < -0.39 is 0 Å². The molecular formula is C8H6N4S. The van der Waals surface area contributed by atoms with Crippen molar-refractivity contribution in [3.05, 3.63) is 22.7 Å². The average Bonchev–Trinajstić information content (AvgIpc) is 2.71. The van der Waals surface area contributed by atoms with Gasteiger partial charge in [-0.1, -0.05) is 0 Å². The molecule has 2 heterocycles. The Kier molecular flexibility index (Phi) is 1.83. The Labute approximate surface area is 78.8 Å². The third-order valence-electron chi connectivity index (χ3n) is 1.63. The molecule has 0 fully saturated rings. The van der Waals surface area contributed by atoms with Gasteiger partial charge in [0.2, 0.25) is 0 Å². The second kappa shape index (κ2) is 2.99. The lowest BCUT2D eigenvalue weighted by Crippen LogP contribution is -1.77. The first kappa shape index (κ1) is 7.95. The summed E-state index contributed by atoms with van der Waals surface area (Å²) in [5.41, 5.74) is 0.988. The first-order chi connectivity index (χ1) is 6.31. The highest BCUT2D eigenvalue weighted by Crippen LogP contribution is 2.26. The number of H-pyrrole nitrogens is 1. The van der Waals surface area contributed by atoms with Gasteiger partial charge in [-0.2, -0.15) is 15.6 Å². The van der Waals surface area contributed by atoms with E-state index in [1.165, 1.54) is 4.88 Å². The molecule has 0 unspecified atom stereocenters. The SMILES string of the molecule is Cc1ccc(-c2n[nH]nc2C#N)s1. The van der Waals surface area contributed by atoms with Gasteiger partial charge in [0.05, 0.1) is 4.88 Å². The summed E-state index contributed by atoms with van der Waals surface area (Å²) in [6.07, 6.45) is 0. The van der Waals surface area contributed by atoms with E-state index in [4.69, 9.17) is 5.26 Å². The van der Waals surface area contributed by atoms with Crippen LogP contribution in [-0.2, 0) is 0 Å². The summed E-state index contributed by atoms with van der Waals surface area (Å²) < 4.78 is 0. The lowest BCUT2D eigenvalue weighted by molar-refractivity contribution is 0.937. The third-order valence-corrected chi connectivity index (χ3v) is 2.63. The summed E-state index contributed by atoms with van der Waals surface area (Å²) in [5.74, 6) is 0. The second-order valence-corrected chi connectivity index (χ2v) is 3.83. The van der Waals surface area contributed by atoms with Crippen molar-refractivity contribution in [2.24, 2.45) is 0 Å². The van der Waals surface area contributed by atoms with Crippen LogP contribution in [0.2, 0.25) is 0 Å². The van der Waals surface area contributed by atoms with Gasteiger partial charge in [-0.25, -0.2) is 0 Å². The molecular weight excluding hydrogens is 184 g/mol. The van der Waals surface area contributed by atoms with Crippen molar-refractivity contribution in [2.75, 3.05) is 0 Å². The minimum Gasteiger partial charge on any atom is -0.196 e. The average molecular weight is 190 g/mol. The molecule has 0 aliphatic rings. The highest BCUT2D eigenvalue weighted by atomic mass is 32.1. The predicted octanol–water partition coefficient (Wildman–Crippen LogP) is 1.71. The van der Waals surface area contributed by atoms with Gasteiger partial charge in [0.1, 0.15) is 11.8 Å². The molecule has 4 nitrogen and oxygen atoms in total. The Morgan fingerprint density at radius 1 is 1.46 bits per heavy atom. The van der Waals surface area contributed by atoms with Crippen LogP contribution >= 0.6 is 11.3 Å². The van der Waals surface area contributed by atoms with Crippen LogP contribution in [0.3, 0.4) is 0 Å². The van der Waals surface area contributed by atoms with Gasteiger partial charge in [-0.3, -0.25) is 0 Å². The molecule has 0 aliphatic carbocycles. The van der Waals surface area contributed by atoms with Crippen molar-refractivity contribution in [2.45, 2.75) is 6.92 Å². The first-order valence-electron chi connectivity index (χ1n) is 3.69. The molecule has 0 saturated heterocycles. The van der Waals surface area contributed by atoms with Crippen LogP contribution < -0.4 is 0 Å². The predicted molar refractivity (Wildman–Crippen MR) is 49.1 cm³/mol. The van der Waals surface area contributed by atoms with Gasteiger partial charge >= 0.3 is 0 Å². The molecule has 0 amide bonds. The van der Waals surface area contributed by atoms with Crippen LogP contribution in [0.5, 0.6) is 0 Å². The number of nitrogens with zero attached hydrogens (tertiary/aromatic N) is 3. The number of rotatable bonds is 1. The van der Waals surface area contributed by atoms with E-state index in [1.54, 1.807) is 11.3 Å². The summed E-state index contributed by atoms with van der Waals surface area (Å²) in [5, 5.41) is 18.8. The highest BCUT2D eigenvalue weighted by molar-refractivity contribution is 7.15. The molecule has 64 valence electrons. The molecule has 0 bridgehead atoms. The lowest BCUT2D eigenvalue weighted by Gasteiger charge is -1.86. The second-order valence-electron chi connectivity index (χ2n) is 2.54. The van der Waals surface area contributed by atoms with Crippen LogP contribution in [0.15, 0.2) is 12.1 Å². The van der Waals surface area contributed by atoms with Gasteiger partial charge in [-0.05, 0) is 19.1 Å². The number of thiophene rings is 1. The van der Waals surface area contributed by atoms with Crippen molar-refractivity contribution >= 4 is 11.3 Å². The molecule has 2 aromatic heterocycles. The van der Waals surface area contributed by atoms with E-state index in [-0.39, 0.29) is 0 Å². The van der Waals surface area contributed by atoms with Gasteiger partial charge in [0.25, 0.3) is 0 Å². The minimum absolute atomic E-state index is 0.349. The zero-order valence-electron chi connectivity index (χ0n) is 6.90. The largest absolute Gasteiger partial charge is 0.196 e. The number of nitrogens with one attached hydrogen (secondary N) is 1. The van der Waals surface area contributed by atoms with E-state index in [2.05, 4.69) is 15.4 Å². The number of aryl methyl sites for hydroxylation is 1. The lowest BCUT2D eigenvalue weighted by atomic mass is 10.3. The van der Waals surface area contributed by atoms with Crippen molar-refractivity contribution in [3.8, 4) is 16.6 Å². The molecule has 0 aliphatic heterocycles. The van der Waals surface area contributed by atoms with Crippen molar-refractivity contribution in [1.29, 1.82) is 5.26 Å². The summed E-state index contributed by atoms with van der Waals surface area (Å²) in [4.78, 5) is 2.17. The van der Waals surface area contributed by atoms with Crippen LogP contribution in [0, 0.1) is 18.3 Å². The molecule has 2 rings (SSSR count). The molecule has 0 radical (unpaired) electrons. The van der Waals surface area contributed by atoms with Gasteiger partial charge in [0, 0.05) is 4.88 Å². The fourth-order valence-corrected chi connectivity index (χ4v) is 1.90. The topological polar surface area (TPSA) is 65.4 Å². The summed E-state index contributed by atoms with van der Waals surface area (Å²) in [6, 6.07) is 5.92. The van der Waals surface area contributed by atoms with E-state index in [0.717, 1.165) is 4.88 Å². The number of aromatic nitrogens is 3. The van der Waals surface area contributed by atoms with Gasteiger partial charge in [-0.15, -0.1) is 16.4 Å². The molecule has 1 N–H and O–H groups in total. The quantitative estimate of drug-likeness (QED) is 0.744. The number of hydrogen-bond acceptors (Lipinski definition) is 4. The summed E-state index contributed by atoms with van der Waals surface area (Å²) in [7, 11) is 0. The Hall–Kier alpha value is -1.67. The number of aromatic amines is 1. The molecule has 0 saturated carbocycles. The normalized spacial score (nSPS) is 9.85. The van der Waals surface area contributed by atoms with Crippen LogP contribution in [0.25, 0.3) is 10.6 Å². The Morgan fingerprint density at radius 2 is 2.31 bits per heavy atom. The maximum atomic E-state index is 8.71. The molecule has 0 atom stereocenters. The monoisotopic (exact) mass is 190 g/mol. The molecule has 0 aromatic carbocycles. The Balaban J connectivity index is 2.53. The van der Waals surface area contributed by atoms with E-state index in [9.17, 15) is 0 Å². The van der Waals surface area contributed by atoms with E-state index >= 15 is 0 Å². The first-order valence-corrected chi connectivity index (χ1v) is 4.50.